The van der Waals surface area contributed by atoms with E-state index in [2.05, 4.69) is 10.3 Å². The van der Waals surface area contributed by atoms with Gasteiger partial charge in [0.15, 0.2) is 0 Å². The molecule has 100 valence electrons. The number of pyridine rings is 1. The van der Waals surface area contributed by atoms with Crippen LogP contribution >= 0.6 is 0 Å². The zero-order chi connectivity index (χ0) is 13.8. The second kappa shape index (κ2) is 5.70. The van der Waals surface area contributed by atoms with E-state index in [0.29, 0.717) is 6.42 Å². The van der Waals surface area contributed by atoms with Gasteiger partial charge in [-0.2, -0.15) is 13.2 Å². The number of carboxylic acid groups (broad SMARTS) is 1. The second-order valence-corrected chi connectivity index (χ2v) is 3.88. The minimum Gasteiger partial charge on any atom is -0.481 e. The van der Waals surface area contributed by atoms with E-state index in [1.807, 2.05) is 0 Å². The number of hydrogen-bond acceptors (Lipinski definition) is 3. The van der Waals surface area contributed by atoms with Gasteiger partial charge < -0.3 is 10.4 Å². The van der Waals surface area contributed by atoms with E-state index in [9.17, 15) is 18.0 Å². The van der Waals surface area contributed by atoms with Gasteiger partial charge in [-0.25, -0.2) is 4.98 Å². The van der Waals surface area contributed by atoms with E-state index in [1.54, 1.807) is 6.92 Å². The lowest BCUT2D eigenvalue weighted by Gasteiger charge is -2.14. The Morgan fingerprint density at radius 2 is 2.17 bits per heavy atom. The van der Waals surface area contributed by atoms with Crippen molar-refractivity contribution < 1.29 is 23.1 Å². The first kappa shape index (κ1) is 14.3. The highest BCUT2D eigenvalue weighted by Crippen LogP contribution is 2.28. The van der Waals surface area contributed by atoms with Crippen LogP contribution in [0.15, 0.2) is 18.2 Å². The lowest BCUT2D eigenvalue weighted by Crippen LogP contribution is -2.18. The quantitative estimate of drug-likeness (QED) is 0.856. The Balaban J connectivity index is 2.65. The van der Waals surface area contributed by atoms with Crippen molar-refractivity contribution in [2.75, 3.05) is 5.32 Å². The smallest absolute Gasteiger partial charge is 0.433 e. The van der Waals surface area contributed by atoms with Crippen molar-refractivity contribution in [3.8, 4) is 0 Å². The number of nitrogens with zero attached hydrogens (tertiary/aromatic N) is 1. The maximum absolute atomic E-state index is 12.4. The summed E-state index contributed by atoms with van der Waals surface area (Å²) < 4.78 is 37.2. The van der Waals surface area contributed by atoms with Crippen LogP contribution in [0.4, 0.5) is 19.0 Å². The van der Waals surface area contributed by atoms with E-state index in [-0.39, 0.29) is 18.3 Å². The third kappa shape index (κ3) is 4.60. The minimum absolute atomic E-state index is 0.0485. The van der Waals surface area contributed by atoms with Gasteiger partial charge >= 0.3 is 12.1 Å². The molecular formula is C11H13F3N2O2. The average molecular weight is 262 g/mol. The molecule has 2 N–H and O–H groups in total. The van der Waals surface area contributed by atoms with Gasteiger partial charge in [0.2, 0.25) is 0 Å². The van der Waals surface area contributed by atoms with Crippen molar-refractivity contribution in [3.05, 3.63) is 23.9 Å². The van der Waals surface area contributed by atoms with E-state index in [1.165, 1.54) is 12.1 Å². The van der Waals surface area contributed by atoms with Gasteiger partial charge in [-0.05, 0) is 25.5 Å². The monoisotopic (exact) mass is 262 g/mol. The third-order valence-electron chi connectivity index (χ3n) is 2.23. The number of carboxylic acids is 1. The maximum Gasteiger partial charge on any atom is 0.433 e. The first-order chi connectivity index (χ1) is 8.29. The Kier molecular flexibility index (Phi) is 4.52. The predicted octanol–water partition coefficient (Wildman–Crippen LogP) is 2.77. The Bertz CT molecular complexity index is 421. The molecule has 0 aliphatic carbocycles. The van der Waals surface area contributed by atoms with Crippen molar-refractivity contribution in [2.24, 2.45) is 0 Å². The predicted molar refractivity (Wildman–Crippen MR) is 59.2 cm³/mol. The van der Waals surface area contributed by atoms with E-state index in [0.717, 1.165) is 6.07 Å². The number of halogens is 3. The number of aromatic nitrogens is 1. The Hall–Kier alpha value is -1.79. The lowest BCUT2D eigenvalue weighted by atomic mass is 10.2. The largest absolute Gasteiger partial charge is 0.481 e. The topological polar surface area (TPSA) is 62.2 Å². The molecule has 0 radical (unpaired) electrons. The highest BCUT2D eigenvalue weighted by molar-refractivity contribution is 5.66. The Labute approximate surface area is 102 Å². The van der Waals surface area contributed by atoms with Crippen LogP contribution in [-0.2, 0) is 11.0 Å². The molecule has 1 unspecified atom stereocenters. The summed E-state index contributed by atoms with van der Waals surface area (Å²) in [5.41, 5.74) is -0.974. The number of aliphatic carboxylic acids is 1. The normalized spacial score (nSPS) is 13.1. The van der Waals surface area contributed by atoms with Crippen LogP contribution in [0.2, 0.25) is 0 Å². The SMILES string of the molecule is CC(CCC(=O)O)Nc1cccc(C(F)(F)F)n1. The average Bonchev–Trinajstić information content (AvgIpc) is 2.25. The van der Waals surface area contributed by atoms with Gasteiger partial charge in [-0.1, -0.05) is 6.07 Å². The number of carbonyl (C=O) groups is 1. The van der Waals surface area contributed by atoms with Crippen LogP contribution in [0.3, 0.4) is 0 Å². The van der Waals surface area contributed by atoms with Crippen LogP contribution in [0.25, 0.3) is 0 Å². The molecular weight excluding hydrogens is 249 g/mol. The lowest BCUT2D eigenvalue weighted by molar-refractivity contribution is -0.141. The first-order valence-corrected chi connectivity index (χ1v) is 5.31. The minimum atomic E-state index is -4.48. The van der Waals surface area contributed by atoms with Gasteiger partial charge in [0.25, 0.3) is 0 Å². The zero-order valence-corrected chi connectivity index (χ0v) is 9.66. The third-order valence-corrected chi connectivity index (χ3v) is 2.23. The van der Waals surface area contributed by atoms with E-state index >= 15 is 0 Å². The molecule has 0 amide bonds. The van der Waals surface area contributed by atoms with Crippen LogP contribution in [0, 0.1) is 0 Å². The van der Waals surface area contributed by atoms with Gasteiger partial charge in [0.1, 0.15) is 11.5 Å². The summed E-state index contributed by atoms with van der Waals surface area (Å²) in [5.74, 6) is -0.858. The van der Waals surface area contributed by atoms with Crippen molar-refractivity contribution in [1.29, 1.82) is 0 Å². The summed E-state index contributed by atoms with van der Waals surface area (Å²) >= 11 is 0. The fraction of sp³-hybridized carbons (Fsp3) is 0.455. The molecule has 1 rings (SSSR count). The molecule has 18 heavy (non-hydrogen) atoms. The van der Waals surface area contributed by atoms with Crippen molar-refractivity contribution >= 4 is 11.8 Å². The molecule has 0 spiro atoms. The summed E-state index contributed by atoms with van der Waals surface area (Å²) in [5, 5.41) is 11.2. The van der Waals surface area contributed by atoms with Crippen LogP contribution in [-0.4, -0.2) is 22.1 Å². The maximum atomic E-state index is 12.4. The summed E-state index contributed by atoms with van der Waals surface area (Å²) in [6.45, 7) is 1.69. The van der Waals surface area contributed by atoms with Crippen molar-refractivity contribution in [1.82, 2.24) is 4.98 Å². The summed E-state index contributed by atoms with van der Waals surface area (Å²) in [7, 11) is 0. The zero-order valence-electron chi connectivity index (χ0n) is 9.66. The number of anilines is 1. The molecule has 1 aromatic heterocycles. The molecule has 0 bridgehead atoms. The van der Waals surface area contributed by atoms with E-state index < -0.39 is 17.8 Å². The first-order valence-electron chi connectivity index (χ1n) is 5.31. The molecule has 0 saturated heterocycles. The van der Waals surface area contributed by atoms with Crippen molar-refractivity contribution in [2.45, 2.75) is 32.0 Å². The highest BCUT2D eigenvalue weighted by atomic mass is 19.4. The molecule has 0 aliphatic rings. The summed E-state index contributed by atoms with van der Waals surface area (Å²) in [6, 6.07) is 3.28. The second-order valence-electron chi connectivity index (χ2n) is 3.88. The van der Waals surface area contributed by atoms with Gasteiger partial charge in [-0.15, -0.1) is 0 Å². The molecule has 7 heteroatoms. The fourth-order valence-electron chi connectivity index (χ4n) is 1.34. The molecule has 1 aromatic rings. The van der Waals surface area contributed by atoms with Gasteiger partial charge in [0, 0.05) is 12.5 Å². The van der Waals surface area contributed by atoms with Crippen LogP contribution in [0.1, 0.15) is 25.5 Å². The molecule has 1 heterocycles. The fourth-order valence-corrected chi connectivity index (χ4v) is 1.34. The molecule has 0 aromatic carbocycles. The van der Waals surface area contributed by atoms with Crippen LogP contribution in [0.5, 0.6) is 0 Å². The Morgan fingerprint density at radius 1 is 1.50 bits per heavy atom. The number of nitrogens with one attached hydrogen (secondary N) is 1. The van der Waals surface area contributed by atoms with Gasteiger partial charge in [-0.3, -0.25) is 4.79 Å². The highest BCUT2D eigenvalue weighted by Gasteiger charge is 2.32. The molecule has 4 nitrogen and oxygen atoms in total. The molecule has 0 fully saturated rings. The summed E-state index contributed by atoms with van der Waals surface area (Å²) in [6.07, 6.45) is -4.22. The number of rotatable bonds is 5. The van der Waals surface area contributed by atoms with E-state index in [4.69, 9.17) is 5.11 Å². The van der Waals surface area contributed by atoms with Crippen LogP contribution < -0.4 is 5.32 Å². The van der Waals surface area contributed by atoms with Gasteiger partial charge in [0.05, 0.1) is 0 Å². The summed E-state index contributed by atoms with van der Waals surface area (Å²) in [4.78, 5) is 13.8. The molecule has 1 atom stereocenters. The number of alkyl halides is 3. The molecule has 0 saturated carbocycles. The Morgan fingerprint density at radius 3 is 2.72 bits per heavy atom. The number of hydrogen-bond donors (Lipinski definition) is 2. The standard InChI is InChI=1S/C11H13F3N2O2/c1-7(5-6-10(17)18)15-9-4-2-3-8(16-9)11(12,13)14/h2-4,7H,5-6H2,1H3,(H,15,16)(H,17,18). The van der Waals surface area contributed by atoms with Crippen molar-refractivity contribution in [3.63, 3.8) is 0 Å². The molecule has 0 aliphatic heterocycles.